The largest absolute Gasteiger partial charge is 0.282 e. The van der Waals surface area contributed by atoms with Gasteiger partial charge in [0.15, 0.2) is 0 Å². The lowest BCUT2D eigenvalue weighted by Gasteiger charge is -2.18. The highest BCUT2D eigenvalue weighted by atomic mass is 19.1. The van der Waals surface area contributed by atoms with Crippen molar-refractivity contribution in [2.24, 2.45) is 4.99 Å². The monoisotopic (exact) mass is 392 g/mol. The summed E-state index contributed by atoms with van der Waals surface area (Å²) in [5.41, 5.74) is 2.66. The van der Waals surface area contributed by atoms with Crippen LogP contribution in [0.3, 0.4) is 0 Å². The Balaban J connectivity index is 1.66. The Kier molecular flexibility index (Phi) is 4.45. The quantitative estimate of drug-likeness (QED) is 0.405. The van der Waals surface area contributed by atoms with Crippen molar-refractivity contribution in [1.82, 2.24) is 0 Å². The van der Waals surface area contributed by atoms with Crippen LogP contribution in [0, 0.1) is 5.82 Å². The number of hydrogen-bond donors (Lipinski definition) is 0. The number of fused-ring (bicyclic) bond motifs is 1. The first-order chi connectivity index (χ1) is 14.7. The summed E-state index contributed by atoms with van der Waals surface area (Å²) in [6.07, 6.45) is 1.82. The molecule has 4 aromatic rings. The van der Waals surface area contributed by atoms with Crippen LogP contribution in [0.1, 0.15) is 11.1 Å². The van der Waals surface area contributed by atoms with Gasteiger partial charge in [0, 0.05) is 5.56 Å². The van der Waals surface area contributed by atoms with Crippen molar-refractivity contribution in [3.05, 3.63) is 120 Å². The van der Waals surface area contributed by atoms with Gasteiger partial charge in [-0.05, 0) is 58.8 Å². The van der Waals surface area contributed by atoms with Gasteiger partial charge in [0.05, 0.1) is 5.69 Å². The topological polar surface area (TPSA) is 32.7 Å². The second kappa shape index (κ2) is 7.41. The standard InChI is InChI=1S/C26H17FN2O/c27-21-15-13-19(14-16-21)25-28-24(26(30)29(25)22-10-2-1-3-11-22)17-20-9-6-8-18-7-4-5-12-23(18)20/h1-17H/b24-17+. The van der Waals surface area contributed by atoms with Crippen LogP contribution in [0.5, 0.6) is 0 Å². The molecular weight excluding hydrogens is 375 g/mol. The molecule has 4 aromatic carbocycles. The van der Waals surface area contributed by atoms with Gasteiger partial charge in [0.2, 0.25) is 0 Å². The molecule has 0 unspecified atom stereocenters. The summed E-state index contributed by atoms with van der Waals surface area (Å²) in [6, 6.07) is 29.4. The van der Waals surface area contributed by atoms with Crippen molar-refractivity contribution in [1.29, 1.82) is 0 Å². The van der Waals surface area contributed by atoms with Gasteiger partial charge in [-0.25, -0.2) is 9.38 Å². The molecule has 144 valence electrons. The molecule has 1 aliphatic heterocycles. The summed E-state index contributed by atoms with van der Waals surface area (Å²) >= 11 is 0. The minimum atomic E-state index is -0.332. The Morgan fingerprint density at radius 1 is 0.767 bits per heavy atom. The van der Waals surface area contributed by atoms with Gasteiger partial charge >= 0.3 is 0 Å². The number of anilines is 1. The molecular formula is C26H17FN2O. The fourth-order valence-electron chi connectivity index (χ4n) is 3.65. The molecule has 0 spiro atoms. The molecule has 0 aliphatic carbocycles. The molecule has 0 fully saturated rings. The zero-order chi connectivity index (χ0) is 20.5. The summed E-state index contributed by atoms with van der Waals surface area (Å²) in [5, 5.41) is 2.15. The van der Waals surface area contributed by atoms with E-state index in [4.69, 9.17) is 0 Å². The van der Waals surface area contributed by atoms with Crippen molar-refractivity contribution >= 4 is 34.3 Å². The van der Waals surface area contributed by atoms with Crippen molar-refractivity contribution in [3.8, 4) is 0 Å². The molecule has 0 saturated carbocycles. The van der Waals surface area contributed by atoms with Gasteiger partial charge in [-0.15, -0.1) is 0 Å². The lowest BCUT2D eigenvalue weighted by atomic mass is 10.0. The summed E-state index contributed by atoms with van der Waals surface area (Å²) < 4.78 is 13.5. The minimum absolute atomic E-state index is 0.214. The Morgan fingerprint density at radius 2 is 1.47 bits per heavy atom. The van der Waals surface area contributed by atoms with E-state index >= 15 is 0 Å². The smallest absolute Gasteiger partial charge is 0.266 e. The molecule has 1 aliphatic rings. The van der Waals surface area contributed by atoms with Crippen molar-refractivity contribution in [2.45, 2.75) is 0 Å². The van der Waals surface area contributed by atoms with Gasteiger partial charge in [-0.2, -0.15) is 0 Å². The maximum absolute atomic E-state index is 13.5. The summed E-state index contributed by atoms with van der Waals surface area (Å²) in [6.45, 7) is 0. The van der Waals surface area contributed by atoms with Gasteiger partial charge < -0.3 is 0 Å². The average Bonchev–Trinajstić information content (AvgIpc) is 3.11. The minimum Gasteiger partial charge on any atom is -0.266 e. The summed E-state index contributed by atoms with van der Waals surface area (Å²) in [7, 11) is 0. The number of aliphatic imine (C=N–C) groups is 1. The third-order valence-corrected chi connectivity index (χ3v) is 5.09. The molecule has 3 nitrogen and oxygen atoms in total. The number of nitrogens with zero attached hydrogens (tertiary/aromatic N) is 2. The molecule has 0 bridgehead atoms. The molecule has 0 saturated heterocycles. The van der Waals surface area contributed by atoms with E-state index in [2.05, 4.69) is 4.99 Å². The van der Waals surface area contributed by atoms with Gasteiger partial charge in [-0.3, -0.25) is 9.69 Å². The molecule has 30 heavy (non-hydrogen) atoms. The zero-order valence-corrected chi connectivity index (χ0v) is 16.0. The normalized spacial score (nSPS) is 15.1. The van der Waals surface area contributed by atoms with Crippen molar-refractivity contribution in [3.63, 3.8) is 0 Å². The first-order valence-corrected chi connectivity index (χ1v) is 9.64. The molecule has 5 rings (SSSR count). The first-order valence-electron chi connectivity index (χ1n) is 9.64. The second-order valence-electron chi connectivity index (χ2n) is 7.02. The molecule has 1 heterocycles. The van der Waals surface area contributed by atoms with E-state index in [1.165, 1.54) is 12.1 Å². The predicted octanol–water partition coefficient (Wildman–Crippen LogP) is 5.81. The van der Waals surface area contributed by atoms with Crippen LogP contribution in [0.25, 0.3) is 16.8 Å². The fourth-order valence-corrected chi connectivity index (χ4v) is 3.65. The lowest BCUT2D eigenvalue weighted by Crippen LogP contribution is -2.32. The number of halogens is 1. The number of para-hydroxylation sites is 1. The number of carbonyl (C=O) groups excluding carboxylic acids is 1. The van der Waals surface area contributed by atoms with Gasteiger partial charge in [-0.1, -0.05) is 60.7 Å². The third kappa shape index (κ3) is 3.18. The number of rotatable bonds is 3. The van der Waals surface area contributed by atoms with Gasteiger partial charge in [0.1, 0.15) is 17.3 Å². The van der Waals surface area contributed by atoms with Crippen LogP contribution >= 0.6 is 0 Å². The number of amidine groups is 1. The first kappa shape index (κ1) is 18.0. The van der Waals surface area contributed by atoms with Crippen molar-refractivity contribution in [2.75, 3.05) is 4.90 Å². The number of carbonyl (C=O) groups is 1. The Morgan fingerprint density at radius 3 is 2.27 bits per heavy atom. The fraction of sp³-hybridized carbons (Fsp3) is 0. The molecule has 0 aromatic heterocycles. The molecule has 0 N–H and O–H groups in total. The summed E-state index contributed by atoms with van der Waals surface area (Å²) in [4.78, 5) is 19.6. The molecule has 0 atom stereocenters. The van der Waals surface area contributed by atoms with E-state index in [-0.39, 0.29) is 11.7 Å². The van der Waals surface area contributed by atoms with Crippen LogP contribution in [-0.4, -0.2) is 11.7 Å². The maximum Gasteiger partial charge on any atom is 0.282 e. The highest BCUT2D eigenvalue weighted by Gasteiger charge is 2.32. The predicted molar refractivity (Wildman–Crippen MR) is 119 cm³/mol. The van der Waals surface area contributed by atoms with E-state index in [9.17, 15) is 9.18 Å². The van der Waals surface area contributed by atoms with E-state index in [0.717, 1.165) is 16.3 Å². The third-order valence-electron chi connectivity index (χ3n) is 5.09. The number of amides is 1. The van der Waals surface area contributed by atoms with E-state index in [0.29, 0.717) is 22.8 Å². The Hall–Kier alpha value is -4.05. The number of hydrogen-bond acceptors (Lipinski definition) is 2. The average molecular weight is 392 g/mol. The second-order valence-corrected chi connectivity index (χ2v) is 7.02. The maximum atomic E-state index is 13.5. The van der Waals surface area contributed by atoms with Crippen LogP contribution in [0.2, 0.25) is 0 Å². The van der Waals surface area contributed by atoms with Gasteiger partial charge in [0.25, 0.3) is 5.91 Å². The highest BCUT2D eigenvalue weighted by Crippen LogP contribution is 2.29. The molecule has 1 amide bonds. The molecule has 0 radical (unpaired) electrons. The zero-order valence-electron chi connectivity index (χ0n) is 16.0. The SMILES string of the molecule is O=C1/C(=C\c2cccc3ccccc23)N=C(c2ccc(F)cc2)N1c1ccccc1. The Bertz CT molecular complexity index is 1300. The molecule has 4 heteroatoms. The van der Waals surface area contributed by atoms with E-state index in [1.54, 1.807) is 17.0 Å². The van der Waals surface area contributed by atoms with E-state index in [1.807, 2.05) is 78.9 Å². The van der Waals surface area contributed by atoms with Crippen molar-refractivity contribution < 1.29 is 9.18 Å². The van der Waals surface area contributed by atoms with E-state index < -0.39 is 0 Å². The number of benzene rings is 4. The van der Waals surface area contributed by atoms with Crippen LogP contribution in [0.15, 0.2) is 108 Å². The van der Waals surface area contributed by atoms with Crippen LogP contribution < -0.4 is 4.90 Å². The highest BCUT2D eigenvalue weighted by molar-refractivity contribution is 6.33. The summed E-state index contributed by atoms with van der Waals surface area (Å²) in [5.74, 6) is -0.0624. The van der Waals surface area contributed by atoms with Crippen LogP contribution in [0.4, 0.5) is 10.1 Å². The lowest BCUT2D eigenvalue weighted by molar-refractivity contribution is -0.113. The Labute approximate surface area is 173 Å². The van der Waals surface area contributed by atoms with Crippen LogP contribution in [-0.2, 0) is 4.79 Å².